The molecule has 3 nitrogen and oxygen atoms in total. The van der Waals surface area contributed by atoms with Crippen LogP contribution in [0.15, 0.2) is 59.6 Å². The molecule has 3 aromatic rings. The van der Waals surface area contributed by atoms with Gasteiger partial charge in [-0.3, -0.25) is 0 Å². The van der Waals surface area contributed by atoms with Gasteiger partial charge in [-0.1, -0.05) is 36.4 Å². The molecule has 0 saturated heterocycles. The minimum absolute atomic E-state index is 0.00330. The second kappa shape index (κ2) is 6.75. The van der Waals surface area contributed by atoms with Crippen LogP contribution in [0.2, 0.25) is 0 Å². The standard InChI is InChI=1S/C21H17F2NO2/c1-2-25-19-11-10-14(13-6-3-4-7-15(13)19)18-12-26-21(24-18)20-16(22)8-5-9-17(20)23/h3-11,18H,2,12H2,1H3. The zero-order valence-electron chi connectivity index (χ0n) is 14.2. The van der Waals surface area contributed by atoms with Gasteiger partial charge >= 0.3 is 0 Å². The lowest BCUT2D eigenvalue weighted by atomic mass is 9.99. The number of fused-ring (bicyclic) bond motifs is 1. The van der Waals surface area contributed by atoms with Gasteiger partial charge in [-0.2, -0.15) is 0 Å². The third kappa shape index (κ3) is 2.79. The molecular weight excluding hydrogens is 336 g/mol. The Morgan fingerprint density at radius 2 is 1.73 bits per heavy atom. The molecule has 1 aliphatic heterocycles. The number of benzene rings is 3. The molecule has 5 heteroatoms. The Kier molecular flexibility index (Phi) is 4.29. The highest BCUT2D eigenvalue weighted by Gasteiger charge is 2.27. The first-order valence-electron chi connectivity index (χ1n) is 8.48. The van der Waals surface area contributed by atoms with Crippen molar-refractivity contribution in [3.8, 4) is 5.75 Å². The van der Waals surface area contributed by atoms with Crippen LogP contribution < -0.4 is 4.74 Å². The third-order valence-electron chi connectivity index (χ3n) is 4.40. The summed E-state index contributed by atoms with van der Waals surface area (Å²) >= 11 is 0. The number of hydrogen-bond acceptors (Lipinski definition) is 3. The number of nitrogens with zero attached hydrogens (tertiary/aromatic N) is 1. The average molecular weight is 353 g/mol. The summed E-state index contributed by atoms with van der Waals surface area (Å²) in [5, 5.41) is 1.97. The van der Waals surface area contributed by atoms with Gasteiger partial charge in [0.15, 0.2) is 0 Å². The highest BCUT2D eigenvalue weighted by molar-refractivity contribution is 5.97. The molecule has 0 spiro atoms. The van der Waals surface area contributed by atoms with E-state index >= 15 is 0 Å². The topological polar surface area (TPSA) is 30.8 Å². The van der Waals surface area contributed by atoms with Gasteiger partial charge in [-0.05, 0) is 36.1 Å². The van der Waals surface area contributed by atoms with Crippen LogP contribution in [0.25, 0.3) is 10.8 Å². The van der Waals surface area contributed by atoms with Crippen molar-refractivity contribution in [2.75, 3.05) is 13.2 Å². The molecule has 1 unspecified atom stereocenters. The van der Waals surface area contributed by atoms with Crippen molar-refractivity contribution in [1.82, 2.24) is 0 Å². The van der Waals surface area contributed by atoms with Gasteiger partial charge in [0.25, 0.3) is 0 Å². The Morgan fingerprint density at radius 1 is 1.00 bits per heavy atom. The van der Waals surface area contributed by atoms with Crippen LogP contribution in [0.4, 0.5) is 8.78 Å². The molecule has 0 fully saturated rings. The summed E-state index contributed by atoms with van der Waals surface area (Å²) < 4.78 is 39.2. The molecule has 1 atom stereocenters. The Balaban J connectivity index is 1.78. The van der Waals surface area contributed by atoms with Crippen molar-refractivity contribution in [1.29, 1.82) is 0 Å². The largest absolute Gasteiger partial charge is 0.493 e. The molecule has 0 radical (unpaired) electrons. The number of hydrogen-bond donors (Lipinski definition) is 0. The number of rotatable bonds is 4. The highest BCUT2D eigenvalue weighted by Crippen LogP contribution is 2.35. The molecule has 0 N–H and O–H groups in total. The monoisotopic (exact) mass is 353 g/mol. The molecule has 3 aromatic carbocycles. The summed E-state index contributed by atoms with van der Waals surface area (Å²) in [5.41, 5.74) is 0.723. The minimum Gasteiger partial charge on any atom is -0.493 e. The molecular formula is C21H17F2NO2. The Bertz CT molecular complexity index is 980. The second-order valence-corrected chi connectivity index (χ2v) is 5.99. The van der Waals surface area contributed by atoms with E-state index in [1.165, 1.54) is 18.2 Å². The average Bonchev–Trinajstić information content (AvgIpc) is 3.11. The quantitative estimate of drug-likeness (QED) is 0.658. The molecule has 132 valence electrons. The van der Waals surface area contributed by atoms with Crippen molar-refractivity contribution in [2.24, 2.45) is 4.99 Å². The molecule has 0 aliphatic carbocycles. The molecule has 4 rings (SSSR count). The Hall–Kier alpha value is -2.95. The second-order valence-electron chi connectivity index (χ2n) is 5.99. The highest BCUT2D eigenvalue weighted by atomic mass is 19.1. The maximum absolute atomic E-state index is 14.0. The lowest BCUT2D eigenvalue weighted by molar-refractivity contribution is 0.317. The van der Waals surface area contributed by atoms with E-state index in [0.717, 1.165) is 22.1 Å². The molecule has 1 aliphatic rings. The maximum atomic E-state index is 14.0. The molecule has 0 aromatic heterocycles. The normalized spacial score (nSPS) is 16.4. The van der Waals surface area contributed by atoms with E-state index in [9.17, 15) is 8.78 Å². The summed E-state index contributed by atoms with van der Waals surface area (Å²) in [7, 11) is 0. The zero-order chi connectivity index (χ0) is 18.1. The number of halogens is 2. The van der Waals surface area contributed by atoms with Crippen LogP contribution in [-0.4, -0.2) is 19.1 Å². The Labute approximate surface area is 149 Å². The van der Waals surface area contributed by atoms with Crippen LogP contribution >= 0.6 is 0 Å². The van der Waals surface area contributed by atoms with Crippen LogP contribution in [0.5, 0.6) is 5.75 Å². The van der Waals surface area contributed by atoms with E-state index in [-0.39, 0.29) is 24.1 Å². The van der Waals surface area contributed by atoms with Gasteiger partial charge in [0.2, 0.25) is 5.90 Å². The molecule has 26 heavy (non-hydrogen) atoms. The molecule has 1 heterocycles. The van der Waals surface area contributed by atoms with Gasteiger partial charge in [-0.15, -0.1) is 0 Å². The SMILES string of the molecule is CCOc1ccc(C2COC(c3c(F)cccc3F)=N2)c2ccccc12. The summed E-state index contributed by atoms with van der Waals surface area (Å²) in [6.45, 7) is 2.75. The van der Waals surface area contributed by atoms with E-state index in [1.807, 2.05) is 43.3 Å². The van der Waals surface area contributed by atoms with Gasteiger partial charge < -0.3 is 9.47 Å². The fourth-order valence-electron chi connectivity index (χ4n) is 3.24. The van der Waals surface area contributed by atoms with Gasteiger partial charge in [0, 0.05) is 5.39 Å². The van der Waals surface area contributed by atoms with Gasteiger partial charge in [0.1, 0.15) is 35.6 Å². The Morgan fingerprint density at radius 3 is 2.46 bits per heavy atom. The number of aliphatic imine (C=N–C) groups is 1. The summed E-state index contributed by atoms with van der Waals surface area (Å²) in [4.78, 5) is 4.45. The zero-order valence-corrected chi connectivity index (χ0v) is 14.2. The third-order valence-corrected chi connectivity index (χ3v) is 4.40. The van der Waals surface area contributed by atoms with Crippen molar-refractivity contribution in [2.45, 2.75) is 13.0 Å². The first kappa shape index (κ1) is 16.5. The fraction of sp³-hybridized carbons (Fsp3) is 0.190. The van der Waals surface area contributed by atoms with E-state index in [2.05, 4.69) is 4.99 Å². The molecule has 0 bridgehead atoms. The van der Waals surface area contributed by atoms with Crippen molar-refractivity contribution < 1.29 is 18.3 Å². The van der Waals surface area contributed by atoms with Crippen LogP contribution in [-0.2, 0) is 4.74 Å². The van der Waals surface area contributed by atoms with Crippen LogP contribution in [0, 0.1) is 11.6 Å². The van der Waals surface area contributed by atoms with Gasteiger partial charge in [-0.25, -0.2) is 13.8 Å². The molecule has 0 saturated carbocycles. The van der Waals surface area contributed by atoms with E-state index < -0.39 is 11.6 Å². The van der Waals surface area contributed by atoms with E-state index in [4.69, 9.17) is 9.47 Å². The van der Waals surface area contributed by atoms with E-state index in [1.54, 1.807) is 0 Å². The van der Waals surface area contributed by atoms with Crippen molar-refractivity contribution >= 4 is 16.7 Å². The lowest BCUT2D eigenvalue weighted by Crippen LogP contribution is -2.07. The van der Waals surface area contributed by atoms with Crippen molar-refractivity contribution in [3.05, 3.63) is 77.4 Å². The number of ether oxygens (including phenoxy) is 2. The van der Waals surface area contributed by atoms with Crippen LogP contribution in [0.1, 0.15) is 24.1 Å². The smallest absolute Gasteiger partial charge is 0.222 e. The van der Waals surface area contributed by atoms with Crippen molar-refractivity contribution in [3.63, 3.8) is 0 Å². The lowest BCUT2D eigenvalue weighted by Gasteiger charge is -2.13. The van der Waals surface area contributed by atoms with E-state index in [0.29, 0.717) is 6.61 Å². The summed E-state index contributed by atoms with van der Waals surface area (Å²) in [5.74, 6) is -0.555. The molecule has 0 amide bonds. The maximum Gasteiger partial charge on any atom is 0.222 e. The first-order chi connectivity index (χ1) is 12.7. The summed E-state index contributed by atoms with van der Waals surface area (Å²) in [6, 6.07) is 15.1. The summed E-state index contributed by atoms with van der Waals surface area (Å²) in [6.07, 6.45) is 0. The predicted octanol–water partition coefficient (Wildman–Crippen LogP) is 5.03. The predicted molar refractivity (Wildman–Crippen MR) is 96.7 cm³/mol. The van der Waals surface area contributed by atoms with Gasteiger partial charge in [0.05, 0.1) is 6.61 Å². The first-order valence-corrected chi connectivity index (χ1v) is 8.48. The minimum atomic E-state index is -0.680. The fourth-order valence-corrected chi connectivity index (χ4v) is 3.24. The van der Waals surface area contributed by atoms with Crippen LogP contribution in [0.3, 0.4) is 0 Å².